The van der Waals surface area contributed by atoms with Crippen LogP contribution in [0.1, 0.15) is 48.0 Å². The SMILES string of the molecule is C[C@@H]1NC(=O)COc2cc(O)cc(c2)C(=O)NCCCN(C(=O)CCc2nc3ccccc3s2)CCCCN(C)C1=O. The highest BCUT2D eigenvalue weighted by atomic mass is 32.1. The third-order valence-electron chi connectivity index (χ3n) is 6.95. The second-order valence-corrected chi connectivity index (χ2v) is 11.4. The second-order valence-electron chi connectivity index (χ2n) is 10.3. The van der Waals surface area contributed by atoms with Crippen molar-refractivity contribution < 1.29 is 29.0 Å². The van der Waals surface area contributed by atoms with Crippen LogP contribution < -0.4 is 15.4 Å². The van der Waals surface area contributed by atoms with Gasteiger partial charge in [-0.2, -0.15) is 0 Å². The number of fused-ring (bicyclic) bond motifs is 3. The van der Waals surface area contributed by atoms with Crippen molar-refractivity contribution in [1.29, 1.82) is 0 Å². The molecule has 0 radical (unpaired) electrons. The van der Waals surface area contributed by atoms with Crippen LogP contribution in [0.15, 0.2) is 42.5 Å². The molecule has 2 aromatic carbocycles. The van der Waals surface area contributed by atoms with E-state index in [0.29, 0.717) is 58.3 Å². The molecule has 42 heavy (non-hydrogen) atoms. The molecule has 1 aliphatic rings. The summed E-state index contributed by atoms with van der Waals surface area (Å²) in [6.07, 6.45) is 2.79. The molecule has 0 fully saturated rings. The van der Waals surface area contributed by atoms with Gasteiger partial charge < -0.3 is 30.3 Å². The average Bonchev–Trinajstić information content (AvgIpc) is 3.39. The molecule has 1 aromatic heterocycles. The topological polar surface area (TPSA) is 141 Å². The Kier molecular flexibility index (Phi) is 10.7. The monoisotopic (exact) mass is 595 g/mol. The van der Waals surface area contributed by atoms with Gasteiger partial charge in [0.05, 0.1) is 15.2 Å². The van der Waals surface area contributed by atoms with Gasteiger partial charge in [-0.05, 0) is 50.5 Å². The fourth-order valence-electron chi connectivity index (χ4n) is 4.72. The van der Waals surface area contributed by atoms with Crippen molar-refractivity contribution >= 4 is 45.2 Å². The van der Waals surface area contributed by atoms with Gasteiger partial charge in [0.2, 0.25) is 11.8 Å². The summed E-state index contributed by atoms with van der Waals surface area (Å²) in [7, 11) is 1.69. The minimum Gasteiger partial charge on any atom is -0.508 e. The minimum atomic E-state index is -0.761. The third-order valence-corrected chi connectivity index (χ3v) is 8.05. The van der Waals surface area contributed by atoms with Gasteiger partial charge in [0.25, 0.3) is 11.8 Å². The van der Waals surface area contributed by atoms with Gasteiger partial charge in [-0.25, -0.2) is 4.98 Å². The number of nitrogens with one attached hydrogen (secondary N) is 2. The number of aromatic nitrogens is 1. The van der Waals surface area contributed by atoms with E-state index < -0.39 is 17.9 Å². The molecule has 0 spiro atoms. The minimum absolute atomic E-state index is 0.0123. The number of aromatic hydroxyl groups is 1. The molecule has 3 aromatic rings. The molecule has 224 valence electrons. The van der Waals surface area contributed by atoms with E-state index in [2.05, 4.69) is 15.6 Å². The molecule has 1 atom stereocenters. The quantitative estimate of drug-likeness (QED) is 0.423. The van der Waals surface area contributed by atoms with E-state index in [4.69, 9.17) is 4.74 Å². The van der Waals surface area contributed by atoms with Crippen LogP contribution in [0.5, 0.6) is 11.5 Å². The largest absolute Gasteiger partial charge is 0.508 e. The first-order chi connectivity index (χ1) is 20.2. The Morgan fingerprint density at radius 3 is 2.67 bits per heavy atom. The number of aryl methyl sites for hydroxylation is 1. The number of carbonyl (C=O) groups excluding carboxylic acids is 4. The lowest BCUT2D eigenvalue weighted by Crippen LogP contribution is -2.47. The first-order valence-electron chi connectivity index (χ1n) is 14.1. The Morgan fingerprint density at radius 2 is 1.86 bits per heavy atom. The van der Waals surface area contributed by atoms with Gasteiger partial charge in [-0.1, -0.05) is 12.1 Å². The van der Waals surface area contributed by atoms with Crippen LogP contribution >= 0.6 is 11.3 Å². The summed E-state index contributed by atoms with van der Waals surface area (Å²) < 4.78 is 6.56. The maximum Gasteiger partial charge on any atom is 0.258 e. The van der Waals surface area contributed by atoms with Crippen LogP contribution in [-0.4, -0.2) is 89.4 Å². The molecule has 2 heterocycles. The number of carbonyl (C=O) groups is 4. The third kappa shape index (κ3) is 8.65. The van der Waals surface area contributed by atoms with Crippen molar-refractivity contribution in [2.75, 3.05) is 39.8 Å². The van der Waals surface area contributed by atoms with Crippen molar-refractivity contribution in [3.63, 3.8) is 0 Å². The lowest BCUT2D eigenvalue weighted by Gasteiger charge is -2.25. The molecule has 0 aliphatic carbocycles. The predicted octanol–water partition coefficient (Wildman–Crippen LogP) is 2.72. The molecule has 12 heteroatoms. The summed E-state index contributed by atoms with van der Waals surface area (Å²) in [5.41, 5.74) is 1.11. The van der Waals surface area contributed by atoms with E-state index >= 15 is 0 Å². The van der Waals surface area contributed by atoms with E-state index in [1.165, 1.54) is 18.2 Å². The highest BCUT2D eigenvalue weighted by Gasteiger charge is 2.21. The van der Waals surface area contributed by atoms with Crippen LogP contribution in [-0.2, 0) is 20.8 Å². The summed E-state index contributed by atoms with van der Waals surface area (Å²) in [5, 5.41) is 16.4. The van der Waals surface area contributed by atoms with E-state index in [1.54, 1.807) is 30.2 Å². The zero-order valence-corrected chi connectivity index (χ0v) is 24.7. The summed E-state index contributed by atoms with van der Waals surface area (Å²) >= 11 is 1.59. The lowest BCUT2D eigenvalue weighted by atomic mass is 10.2. The van der Waals surface area contributed by atoms with Crippen LogP contribution in [0.4, 0.5) is 0 Å². The Labute approximate surface area is 248 Å². The van der Waals surface area contributed by atoms with Gasteiger partial charge in [0, 0.05) is 57.7 Å². The number of rotatable bonds is 3. The van der Waals surface area contributed by atoms with Crippen LogP contribution in [0.25, 0.3) is 10.2 Å². The smallest absolute Gasteiger partial charge is 0.258 e. The number of hydrogen-bond acceptors (Lipinski definition) is 8. The standard InChI is InChI=1S/C30H37N5O6S/c1-20-30(40)34(2)13-5-6-14-35(28(38)11-10-27-33-24-8-3-4-9-25(24)42-27)15-7-12-31-29(39)21-16-22(36)18-23(17-21)41-19-26(37)32-20/h3-4,8-9,16-18,20,36H,5-7,10-15,19H2,1-2H3,(H,31,39)(H,32,37)/t20-/m0/s1. The number of phenols is 1. The number of benzene rings is 2. The zero-order chi connectivity index (χ0) is 30.1. The number of thiazole rings is 1. The molecular weight excluding hydrogens is 558 g/mol. The molecule has 0 saturated heterocycles. The second kappa shape index (κ2) is 14.6. The van der Waals surface area contributed by atoms with Crippen molar-refractivity contribution in [2.45, 2.75) is 45.1 Å². The Morgan fingerprint density at radius 1 is 1.10 bits per heavy atom. The first kappa shape index (κ1) is 30.8. The van der Waals surface area contributed by atoms with Crippen LogP contribution in [0.3, 0.4) is 0 Å². The number of ether oxygens (including phenoxy) is 1. The number of nitrogens with zero attached hydrogens (tertiary/aromatic N) is 3. The summed E-state index contributed by atoms with van der Waals surface area (Å²) in [6.45, 7) is 3.01. The van der Waals surface area contributed by atoms with Gasteiger partial charge in [-0.3, -0.25) is 19.2 Å². The summed E-state index contributed by atoms with van der Waals surface area (Å²) in [6, 6.07) is 11.2. The fourth-order valence-corrected chi connectivity index (χ4v) is 5.68. The maximum atomic E-state index is 13.3. The Bertz CT molecular complexity index is 1390. The number of phenolic OH excluding ortho intramolecular Hbond substituents is 1. The molecule has 3 N–H and O–H groups in total. The lowest BCUT2D eigenvalue weighted by molar-refractivity contribution is -0.135. The molecule has 2 bridgehead atoms. The Balaban J connectivity index is 1.42. The molecule has 1 aliphatic heterocycles. The van der Waals surface area contributed by atoms with E-state index in [1.807, 2.05) is 29.2 Å². The average molecular weight is 596 g/mol. The van der Waals surface area contributed by atoms with Crippen LogP contribution in [0.2, 0.25) is 0 Å². The Hall–Kier alpha value is -4.19. The maximum absolute atomic E-state index is 13.3. The van der Waals surface area contributed by atoms with Gasteiger partial charge in [0.15, 0.2) is 6.61 Å². The predicted molar refractivity (Wildman–Crippen MR) is 160 cm³/mol. The molecule has 4 rings (SSSR count). The highest BCUT2D eigenvalue weighted by Crippen LogP contribution is 2.23. The van der Waals surface area contributed by atoms with E-state index in [9.17, 15) is 24.3 Å². The van der Waals surface area contributed by atoms with Crippen molar-refractivity contribution in [3.8, 4) is 11.5 Å². The first-order valence-corrected chi connectivity index (χ1v) is 14.9. The number of likely N-dealkylation sites (N-methyl/N-ethyl adjacent to an activating group) is 1. The molecule has 0 unspecified atom stereocenters. The van der Waals surface area contributed by atoms with Gasteiger partial charge >= 0.3 is 0 Å². The molecule has 11 nitrogen and oxygen atoms in total. The van der Waals surface area contributed by atoms with Gasteiger partial charge in [0.1, 0.15) is 17.5 Å². The van der Waals surface area contributed by atoms with E-state index in [0.717, 1.165) is 15.2 Å². The number of amides is 4. The molecular formula is C30H37N5O6S. The molecule has 4 amide bonds. The van der Waals surface area contributed by atoms with Crippen molar-refractivity contribution in [2.24, 2.45) is 0 Å². The van der Waals surface area contributed by atoms with Crippen molar-refractivity contribution in [3.05, 3.63) is 53.0 Å². The van der Waals surface area contributed by atoms with Gasteiger partial charge in [-0.15, -0.1) is 11.3 Å². The number of hydrogen-bond donors (Lipinski definition) is 3. The summed E-state index contributed by atoms with van der Waals surface area (Å²) in [5.74, 6) is -1.18. The zero-order valence-electron chi connectivity index (χ0n) is 23.9. The highest BCUT2D eigenvalue weighted by molar-refractivity contribution is 7.18. The number of para-hydroxylation sites is 1. The molecule has 0 saturated carbocycles. The normalized spacial score (nSPS) is 18.2. The van der Waals surface area contributed by atoms with Crippen molar-refractivity contribution in [1.82, 2.24) is 25.4 Å². The van der Waals surface area contributed by atoms with E-state index in [-0.39, 0.29) is 35.5 Å². The van der Waals surface area contributed by atoms with Crippen LogP contribution in [0, 0.1) is 0 Å². The summed E-state index contributed by atoms with van der Waals surface area (Å²) in [4.78, 5) is 59.2. The fraction of sp³-hybridized carbons (Fsp3) is 0.433.